The van der Waals surface area contributed by atoms with Gasteiger partial charge in [0.05, 0.1) is 10.8 Å². The van der Waals surface area contributed by atoms with Crippen LogP contribution in [0.15, 0.2) is 193 Å². The highest BCUT2D eigenvalue weighted by atomic mass is 16.1. The van der Waals surface area contributed by atoms with Gasteiger partial charge in [-0.2, -0.15) is 0 Å². The number of rotatable bonds is 12. The Bertz CT molecular complexity index is 2420. The Kier molecular flexibility index (Phi) is 11.4. The van der Waals surface area contributed by atoms with E-state index < -0.39 is 22.7 Å². The summed E-state index contributed by atoms with van der Waals surface area (Å²) in [5, 5.41) is 6.66. The second-order valence-corrected chi connectivity index (χ2v) is 16.4. The molecule has 2 N–H and O–H groups in total. The number of Topliss-reactive ketones (excluding diaryl/α,β-unsaturated/α-hetero) is 3. The summed E-state index contributed by atoms with van der Waals surface area (Å²) in [6, 6.07) is 35.1. The average molecular weight is 789 g/mol. The van der Waals surface area contributed by atoms with Gasteiger partial charge in [0.2, 0.25) is 0 Å². The van der Waals surface area contributed by atoms with Crippen LogP contribution in [0.25, 0.3) is 11.1 Å². The summed E-state index contributed by atoms with van der Waals surface area (Å²) in [6.45, 7) is 8.29. The van der Waals surface area contributed by atoms with Crippen molar-refractivity contribution in [2.45, 2.75) is 53.4 Å². The molecule has 0 saturated heterocycles. The number of hydrogen-bond donors (Lipinski definition) is 2. The van der Waals surface area contributed by atoms with E-state index in [4.69, 9.17) is 0 Å². The van der Waals surface area contributed by atoms with Gasteiger partial charge in [0.25, 0.3) is 0 Å². The molecule has 0 saturated carbocycles. The molecule has 0 aromatic heterocycles. The number of nitrogens with one attached hydrogen (secondary N) is 2. The molecule has 0 bridgehead atoms. The third-order valence-corrected chi connectivity index (χ3v) is 13.1. The Hall–Kier alpha value is -6.59. The molecule has 4 unspecified atom stereocenters. The predicted molar refractivity (Wildman–Crippen MR) is 243 cm³/mol. The van der Waals surface area contributed by atoms with Crippen LogP contribution in [0.3, 0.4) is 0 Å². The quantitative estimate of drug-likeness (QED) is 0.140. The molecular weight excluding hydrogens is 737 g/mol. The van der Waals surface area contributed by atoms with Crippen molar-refractivity contribution in [1.82, 2.24) is 10.6 Å². The molecular formula is C55H52N2O3. The summed E-state index contributed by atoms with van der Waals surface area (Å²) in [5.41, 5.74) is 7.58. The van der Waals surface area contributed by atoms with Crippen molar-refractivity contribution < 1.29 is 14.4 Å². The maximum absolute atomic E-state index is 16.9. The number of carbonyl (C=O) groups is 3. The molecule has 5 heteroatoms. The van der Waals surface area contributed by atoms with Gasteiger partial charge < -0.3 is 10.6 Å². The van der Waals surface area contributed by atoms with Gasteiger partial charge in [-0.15, -0.1) is 0 Å². The van der Waals surface area contributed by atoms with E-state index in [0.29, 0.717) is 48.0 Å². The molecule has 4 aromatic carbocycles. The smallest absolute Gasteiger partial charge is 0.193 e. The van der Waals surface area contributed by atoms with Crippen LogP contribution in [0.1, 0.15) is 82.5 Å². The Balaban J connectivity index is 1.42. The number of carbonyl (C=O) groups excluding carboxylic acids is 3. The number of allylic oxidation sites excluding steroid dienone is 12. The molecule has 4 atom stereocenters. The zero-order chi connectivity index (χ0) is 41.9. The van der Waals surface area contributed by atoms with Crippen molar-refractivity contribution >= 4 is 28.5 Å². The van der Waals surface area contributed by atoms with Crippen LogP contribution in [0.4, 0.5) is 0 Å². The molecule has 4 aliphatic rings. The topological polar surface area (TPSA) is 75.3 Å². The van der Waals surface area contributed by atoms with Crippen LogP contribution in [-0.4, -0.2) is 17.3 Å². The fourth-order valence-corrected chi connectivity index (χ4v) is 9.82. The second-order valence-electron chi connectivity index (χ2n) is 16.4. The van der Waals surface area contributed by atoms with Crippen LogP contribution >= 0.6 is 0 Å². The Morgan fingerprint density at radius 2 is 0.933 bits per heavy atom. The molecule has 2 aliphatic heterocycles. The monoisotopic (exact) mass is 788 g/mol. The van der Waals surface area contributed by atoms with Gasteiger partial charge in [-0.3, -0.25) is 14.4 Å². The molecule has 300 valence electrons. The van der Waals surface area contributed by atoms with Crippen molar-refractivity contribution in [1.29, 1.82) is 0 Å². The molecule has 5 nitrogen and oxygen atoms in total. The molecule has 2 heterocycles. The van der Waals surface area contributed by atoms with E-state index in [-0.39, 0.29) is 17.3 Å². The minimum Gasteiger partial charge on any atom is -0.368 e. The number of benzene rings is 4. The van der Waals surface area contributed by atoms with Crippen LogP contribution in [0.5, 0.6) is 0 Å². The Morgan fingerprint density at radius 1 is 0.550 bits per heavy atom. The highest BCUT2D eigenvalue weighted by molar-refractivity contribution is 6.22. The van der Waals surface area contributed by atoms with Crippen molar-refractivity contribution in [2.75, 3.05) is 0 Å². The van der Waals surface area contributed by atoms with Gasteiger partial charge in [-0.05, 0) is 96.5 Å². The predicted octanol–water partition coefficient (Wildman–Crippen LogP) is 11.8. The summed E-state index contributed by atoms with van der Waals surface area (Å²) in [6.07, 6.45) is 22.7. The second kappa shape index (κ2) is 16.9. The number of dihydropyridines is 2. The molecule has 4 aromatic rings. The van der Waals surface area contributed by atoms with Crippen molar-refractivity contribution in [3.05, 3.63) is 226 Å². The van der Waals surface area contributed by atoms with E-state index in [1.807, 2.05) is 122 Å². The molecule has 0 radical (unpaired) electrons. The van der Waals surface area contributed by atoms with Gasteiger partial charge in [-0.1, -0.05) is 159 Å². The van der Waals surface area contributed by atoms with Gasteiger partial charge in [0.15, 0.2) is 17.3 Å². The lowest BCUT2D eigenvalue weighted by atomic mass is 9.51. The molecule has 8 rings (SSSR count). The van der Waals surface area contributed by atoms with Crippen LogP contribution in [-0.2, 0) is 4.79 Å². The lowest BCUT2D eigenvalue weighted by Gasteiger charge is -2.49. The first-order chi connectivity index (χ1) is 29.2. The molecule has 2 aliphatic carbocycles. The lowest BCUT2D eigenvalue weighted by Crippen LogP contribution is -2.51. The van der Waals surface area contributed by atoms with E-state index in [9.17, 15) is 0 Å². The van der Waals surface area contributed by atoms with Gasteiger partial charge in [-0.25, -0.2) is 0 Å². The first-order valence-corrected chi connectivity index (χ1v) is 21.2. The van der Waals surface area contributed by atoms with Crippen molar-refractivity contribution in [2.24, 2.45) is 22.7 Å². The van der Waals surface area contributed by atoms with Gasteiger partial charge >= 0.3 is 0 Å². The van der Waals surface area contributed by atoms with Gasteiger partial charge in [0.1, 0.15) is 0 Å². The first kappa shape index (κ1) is 40.2. The molecule has 60 heavy (non-hydrogen) atoms. The van der Waals surface area contributed by atoms with E-state index >= 15 is 14.4 Å². The Labute approximate surface area is 354 Å². The highest BCUT2D eigenvalue weighted by Gasteiger charge is 2.57. The third kappa shape index (κ3) is 7.12. The SMILES string of the molecule is CCC1(C(=O)C2(CC)C=C(C(=O)c3ccccc3)C(c3ccccc3C)=CC2C2=CNC=CC2)C=C(C(=O)c2ccccc2)C(c2ccccc2C)=CC1C1=CNC=CC1. The molecule has 0 amide bonds. The first-order valence-electron chi connectivity index (χ1n) is 21.2. The minimum absolute atomic E-state index is 0.00204. The minimum atomic E-state index is -1.18. The zero-order valence-electron chi connectivity index (χ0n) is 34.9. The summed E-state index contributed by atoms with van der Waals surface area (Å²) in [5.74, 6) is -1.06. The fourth-order valence-electron chi connectivity index (χ4n) is 9.82. The normalized spacial score (nSPS) is 23.4. The molecule has 0 spiro atoms. The van der Waals surface area contributed by atoms with Crippen LogP contribution in [0, 0.1) is 36.5 Å². The summed E-state index contributed by atoms with van der Waals surface area (Å²) in [7, 11) is 0. The largest absolute Gasteiger partial charge is 0.368 e. The number of hydrogen-bond acceptors (Lipinski definition) is 5. The molecule has 0 fully saturated rings. The van der Waals surface area contributed by atoms with Crippen molar-refractivity contribution in [3.8, 4) is 0 Å². The third-order valence-electron chi connectivity index (χ3n) is 13.1. The van der Waals surface area contributed by atoms with Gasteiger partial charge in [0, 0.05) is 46.5 Å². The van der Waals surface area contributed by atoms with E-state index in [2.05, 4.69) is 86.9 Å². The Morgan fingerprint density at radius 3 is 1.28 bits per heavy atom. The van der Waals surface area contributed by atoms with Crippen molar-refractivity contribution in [3.63, 3.8) is 0 Å². The lowest BCUT2D eigenvalue weighted by molar-refractivity contribution is -0.137. The van der Waals surface area contributed by atoms with E-state index in [1.165, 1.54) is 0 Å². The zero-order valence-corrected chi connectivity index (χ0v) is 34.9. The number of aryl methyl sites for hydroxylation is 2. The van der Waals surface area contributed by atoms with E-state index in [0.717, 1.165) is 44.5 Å². The van der Waals surface area contributed by atoms with Crippen LogP contribution in [0.2, 0.25) is 0 Å². The maximum Gasteiger partial charge on any atom is 0.193 e. The van der Waals surface area contributed by atoms with E-state index in [1.54, 1.807) is 0 Å². The highest BCUT2D eigenvalue weighted by Crippen LogP contribution is 2.58. The summed E-state index contributed by atoms with van der Waals surface area (Å²) >= 11 is 0. The summed E-state index contributed by atoms with van der Waals surface area (Å²) in [4.78, 5) is 46.9. The maximum atomic E-state index is 16.9. The van der Waals surface area contributed by atoms with Crippen LogP contribution < -0.4 is 10.6 Å². The fraction of sp³-hybridized carbons (Fsp3) is 0.218. The average Bonchev–Trinajstić information content (AvgIpc) is 3.31. The number of ketones is 3. The summed E-state index contributed by atoms with van der Waals surface area (Å²) < 4.78 is 0. The standard InChI is InChI=1S/C55H52N2O3/c1-5-54(33-47(51(58)39-21-9-7-10-22-39)45(43-27-15-13-19-37(43)3)31-49(54)41-25-17-29-56-35-41)53(60)55(6-2)34-48(52(59)40-23-11-8-12-24-40)46(44-28-16-14-20-38(44)4)32-50(55)42-26-18-30-57-36-42/h7-24,27-36,49-50,56-57H,5-6,25-26H2,1-4H3.